The highest BCUT2D eigenvalue weighted by Crippen LogP contribution is 2.32. The molecule has 0 bridgehead atoms. The number of nitrogens with one attached hydrogen (secondary N) is 1. The Balaban J connectivity index is 1.45. The molecule has 1 N–H and O–H groups in total. The van der Waals surface area contributed by atoms with Crippen LogP contribution in [0.1, 0.15) is 51.6 Å². The molecule has 5 nitrogen and oxygen atoms in total. The summed E-state index contributed by atoms with van der Waals surface area (Å²) in [5.41, 5.74) is 0.839. The maximum atomic E-state index is 12.1. The first-order chi connectivity index (χ1) is 11.9. The SMILES string of the molecule is CC(C)(C)OC(=O)N1CCC(CNC2CCOc3ccccc32)CC1. The van der Waals surface area contributed by atoms with Crippen LogP contribution in [-0.2, 0) is 4.74 Å². The van der Waals surface area contributed by atoms with Gasteiger partial charge in [-0.15, -0.1) is 0 Å². The second-order valence-electron chi connectivity index (χ2n) is 8.05. The fraction of sp³-hybridized carbons (Fsp3) is 0.650. The van der Waals surface area contributed by atoms with Crippen molar-refractivity contribution in [2.75, 3.05) is 26.2 Å². The van der Waals surface area contributed by atoms with Crippen LogP contribution in [0.5, 0.6) is 5.75 Å². The van der Waals surface area contributed by atoms with E-state index < -0.39 is 5.60 Å². The first-order valence-electron chi connectivity index (χ1n) is 9.35. The third kappa shape index (κ3) is 4.88. The van der Waals surface area contributed by atoms with Crippen LogP contribution in [-0.4, -0.2) is 42.8 Å². The Morgan fingerprint density at radius 2 is 1.96 bits per heavy atom. The van der Waals surface area contributed by atoms with Gasteiger partial charge in [-0.25, -0.2) is 4.79 Å². The summed E-state index contributed by atoms with van der Waals surface area (Å²) in [5, 5.41) is 3.72. The molecule has 1 aromatic carbocycles. The van der Waals surface area contributed by atoms with Crippen molar-refractivity contribution in [3.05, 3.63) is 29.8 Å². The zero-order chi connectivity index (χ0) is 17.9. The van der Waals surface area contributed by atoms with Gasteiger partial charge in [0, 0.05) is 31.1 Å². The lowest BCUT2D eigenvalue weighted by Gasteiger charge is -2.34. The third-order valence-electron chi connectivity index (χ3n) is 4.88. The molecule has 1 atom stereocenters. The molecule has 0 spiro atoms. The number of para-hydroxylation sites is 1. The number of ether oxygens (including phenoxy) is 2. The van der Waals surface area contributed by atoms with Gasteiger partial charge in [-0.05, 0) is 52.1 Å². The van der Waals surface area contributed by atoms with Crippen LogP contribution in [0.3, 0.4) is 0 Å². The number of hydrogen-bond acceptors (Lipinski definition) is 4. The average molecular weight is 346 g/mol. The van der Waals surface area contributed by atoms with Gasteiger partial charge in [0.2, 0.25) is 0 Å². The quantitative estimate of drug-likeness (QED) is 0.906. The van der Waals surface area contributed by atoms with E-state index in [1.807, 2.05) is 37.8 Å². The highest BCUT2D eigenvalue weighted by molar-refractivity contribution is 5.68. The zero-order valence-corrected chi connectivity index (χ0v) is 15.6. The van der Waals surface area contributed by atoms with E-state index in [1.54, 1.807) is 0 Å². The highest BCUT2D eigenvalue weighted by Gasteiger charge is 2.28. The van der Waals surface area contributed by atoms with E-state index in [4.69, 9.17) is 9.47 Å². The minimum absolute atomic E-state index is 0.183. The Hall–Kier alpha value is -1.75. The summed E-state index contributed by atoms with van der Waals surface area (Å²) in [6.45, 7) is 9.05. The van der Waals surface area contributed by atoms with E-state index >= 15 is 0 Å². The molecule has 1 aromatic rings. The number of hydrogen-bond donors (Lipinski definition) is 1. The molecule has 1 saturated heterocycles. The number of piperidine rings is 1. The predicted molar refractivity (Wildman–Crippen MR) is 97.8 cm³/mol. The summed E-state index contributed by atoms with van der Waals surface area (Å²) in [7, 11) is 0. The zero-order valence-electron chi connectivity index (χ0n) is 15.6. The molecule has 138 valence electrons. The van der Waals surface area contributed by atoms with E-state index in [0.717, 1.165) is 51.3 Å². The van der Waals surface area contributed by atoms with Crippen LogP contribution in [0.2, 0.25) is 0 Å². The maximum absolute atomic E-state index is 12.1. The maximum Gasteiger partial charge on any atom is 0.410 e. The standard InChI is InChI=1S/C20H30N2O3/c1-20(2,3)25-19(23)22-11-8-15(9-12-22)14-21-17-10-13-24-18-7-5-4-6-16(17)18/h4-7,15,17,21H,8-14H2,1-3H3. The smallest absolute Gasteiger partial charge is 0.410 e. The van der Waals surface area contributed by atoms with E-state index in [0.29, 0.717) is 12.0 Å². The summed E-state index contributed by atoms with van der Waals surface area (Å²) in [6.07, 6.45) is 2.87. The molecular weight excluding hydrogens is 316 g/mol. The molecule has 0 aliphatic carbocycles. The average Bonchev–Trinajstić information content (AvgIpc) is 2.59. The fourth-order valence-corrected chi connectivity index (χ4v) is 3.51. The van der Waals surface area contributed by atoms with Crippen LogP contribution in [0, 0.1) is 5.92 Å². The number of likely N-dealkylation sites (tertiary alicyclic amines) is 1. The Labute approximate surface area is 150 Å². The highest BCUT2D eigenvalue weighted by atomic mass is 16.6. The first kappa shape index (κ1) is 18.1. The Bertz CT molecular complexity index is 589. The molecule has 2 aliphatic heterocycles. The summed E-state index contributed by atoms with van der Waals surface area (Å²) in [4.78, 5) is 14.0. The largest absolute Gasteiger partial charge is 0.493 e. The topological polar surface area (TPSA) is 50.8 Å². The number of nitrogens with zero attached hydrogens (tertiary/aromatic N) is 1. The molecule has 1 amide bonds. The van der Waals surface area contributed by atoms with E-state index in [9.17, 15) is 4.79 Å². The van der Waals surface area contributed by atoms with Crippen molar-refractivity contribution in [2.45, 2.75) is 51.7 Å². The molecule has 0 radical (unpaired) electrons. The normalized spacial score (nSPS) is 21.4. The molecule has 0 saturated carbocycles. The minimum atomic E-state index is -0.425. The van der Waals surface area contributed by atoms with Gasteiger partial charge < -0.3 is 19.7 Å². The predicted octanol–water partition coefficient (Wildman–Crippen LogP) is 3.75. The van der Waals surface area contributed by atoms with Crippen LogP contribution in [0.4, 0.5) is 4.79 Å². The number of carbonyl (C=O) groups is 1. The van der Waals surface area contributed by atoms with Crippen molar-refractivity contribution in [3.63, 3.8) is 0 Å². The van der Waals surface area contributed by atoms with Crippen LogP contribution >= 0.6 is 0 Å². The van der Waals surface area contributed by atoms with Gasteiger partial charge in [-0.1, -0.05) is 18.2 Å². The van der Waals surface area contributed by atoms with E-state index in [2.05, 4.69) is 17.4 Å². The van der Waals surface area contributed by atoms with Crippen molar-refractivity contribution in [2.24, 2.45) is 5.92 Å². The van der Waals surface area contributed by atoms with Gasteiger partial charge in [-0.3, -0.25) is 0 Å². The number of amides is 1. The first-order valence-corrected chi connectivity index (χ1v) is 9.35. The van der Waals surface area contributed by atoms with Crippen LogP contribution in [0.25, 0.3) is 0 Å². The van der Waals surface area contributed by atoms with Crippen molar-refractivity contribution >= 4 is 6.09 Å². The lowest BCUT2D eigenvalue weighted by Crippen LogP contribution is -2.43. The number of benzene rings is 1. The molecule has 25 heavy (non-hydrogen) atoms. The molecule has 1 unspecified atom stereocenters. The lowest BCUT2D eigenvalue weighted by molar-refractivity contribution is 0.0182. The van der Waals surface area contributed by atoms with Gasteiger partial charge in [0.05, 0.1) is 6.61 Å². The number of rotatable bonds is 3. The van der Waals surface area contributed by atoms with Crippen molar-refractivity contribution in [1.29, 1.82) is 0 Å². The second-order valence-corrected chi connectivity index (χ2v) is 8.05. The third-order valence-corrected chi connectivity index (χ3v) is 4.88. The monoisotopic (exact) mass is 346 g/mol. The molecule has 0 aromatic heterocycles. The van der Waals surface area contributed by atoms with Crippen LogP contribution < -0.4 is 10.1 Å². The van der Waals surface area contributed by atoms with E-state index in [-0.39, 0.29) is 6.09 Å². The Morgan fingerprint density at radius 1 is 1.24 bits per heavy atom. The summed E-state index contributed by atoms with van der Waals surface area (Å²) in [6, 6.07) is 8.66. The minimum Gasteiger partial charge on any atom is -0.493 e. The van der Waals surface area contributed by atoms with Crippen molar-refractivity contribution in [1.82, 2.24) is 10.2 Å². The van der Waals surface area contributed by atoms with Gasteiger partial charge in [0.1, 0.15) is 11.4 Å². The van der Waals surface area contributed by atoms with Gasteiger partial charge >= 0.3 is 6.09 Å². The molecular formula is C20H30N2O3. The molecule has 5 heteroatoms. The Morgan fingerprint density at radius 3 is 2.68 bits per heavy atom. The molecule has 2 aliphatic rings. The van der Waals surface area contributed by atoms with Crippen LogP contribution in [0.15, 0.2) is 24.3 Å². The summed E-state index contributed by atoms with van der Waals surface area (Å²) >= 11 is 0. The van der Waals surface area contributed by atoms with Gasteiger partial charge in [0.15, 0.2) is 0 Å². The second kappa shape index (κ2) is 7.65. The van der Waals surface area contributed by atoms with Gasteiger partial charge in [-0.2, -0.15) is 0 Å². The number of carbonyl (C=O) groups excluding carboxylic acids is 1. The lowest BCUT2D eigenvalue weighted by atomic mass is 9.95. The summed E-state index contributed by atoms with van der Waals surface area (Å²) in [5.74, 6) is 1.61. The van der Waals surface area contributed by atoms with Crippen molar-refractivity contribution in [3.8, 4) is 5.75 Å². The Kier molecular flexibility index (Phi) is 5.52. The van der Waals surface area contributed by atoms with Crippen molar-refractivity contribution < 1.29 is 14.3 Å². The summed E-state index contributed by atoms with van der Waals surface area (Å²) < 4.78 is 11.2. The molecule has 2 heterocycles. The molecule has 1 fully saturated rings. The molecule has 3 rings (SSSR count). The van der Waals surface area contributed by atoms with Gasteiger partial charge in [0.25, 0.3) is 0 Å². The number of fused-ring (bicyclic) bond motifs is 1. The fourth-order valence-electron chi connectivity index (χ4n) is 3.51. The van der Waals surface area contributed by atoms with E-state index in [1.165, 1.54) is 5.56 Å².